The molecule has 0 saturated heterocycles. The summed E-state index contributed by atoms with van der Waals surface area (Å²) in [7, 11) is 1.83. The first-order chi connectivity index (χ1) is 4.89. The van der Waals surface area contributed by atoms with E-state index in [1.807, 2.05) is 7.05 Å². The summed E-state index contributed by atoms with van der Waals surface area (Å²) in [6, 6.07) is 0.333. The van der Waals surface area contributed by atoms with Crippen LogP contribution >= 0.6 is 0 Å². The number of nitrogens with zero attached hydrogens (tertiary/aromatic N) is 1. The van der Waals surface area contributed by atoms with Crippen molar-refractivity contribution in [1.82, 2.24) is 4.90 Å². The summed E-state index contributed by atoms with van der Waals surface area (Å²) in [4.78, 5) is 1.77. The van der Waals surface area contributed by atoms with Gasteiger partial charge in [-0.3, -0.25) is 4.90 Å². The van der Waals surface area contributed by atoms with Crippen molar-refractivity contribution < 1.29 is 4.39 Å². The van der Waals surface area contributed by atoms with E-state index < -0.39 is 5.79 Å². The predicted octanol–water partition coefficient (Wildman–Crippen LogP) is 2.81. The van der Waals surface area contributed by atoms with E-state index >= 15 is 0 Å². The highest BCUT2D eigenvalue weighted by molar-refractivity contribution is 4.71. The van der Waals surface area contributed by atoms with Crippen molar-refractivity contribution >= 4 is 0 Å². The summed E-state index contributed by atoms with van der Waals surface area (Å²) >= 11 is 0. The van der Waals surface area contributed by atoms with Crippen LogP contribution in [0, 0.1) is 0 Å². The van der Waals surface area contributed by atoms with E-state index in [9.17, 15) is 4.39 Å². The van der Waals surface area contributed by atoms with Gasteiger partial charge >= 0.3 is 0 Å². The molecule has 0 rings (SSSR count). The molecule has 0 N–H and O–H groups in total. The second kappa shape index (κ2) is 4.05. The molecule has 2 heteroatoms. The van der Waals surface area contributed by atoms with Crippen molar-refractivity contribution in [2.45, 2.75) is 52.4 Å². The Labute approximate surface area is 69.6 Å². The molecule has 68 valence electrons. The first-order valence-electron chi connectivity index (χ1n) is 4.31. The summed E-state index contributed by atoms with van der Waals surface area (Å²) in [5, 5.41) is 0. The van der Waals surface area contributed by atoms with Gasteiger partial charge in [-0.2, -0.15) is 0 Å². The number of hydrogen-bond acceptors (Lipinski definition) is 1. The molecule has 0 amide bonds. The molecule has 0 fully saturated rings. The molecule has 0 heterocycles. The zero-order chi connectivity index (χ0) is 9.07. The van der Waals surface area contributed by atoms with Crippen molar-refractivity contribution in [2.24, 2.45) is 0 Å². The van der Waals surface area contributed by atoms with Gasteiger partial charge in [0.1, 0.15) is 0 Å². The van der Waals surface area contributed by atoms with Gasteiger partial charge < -0.3 is 0 Å². The predicted molar refractivity (Wildman–Crippen MR) is 47.3 cm³/mol. The third-order valence-corrected chi connectivity index (χ3v) is 2.21. The minimum absolute atomic E-state index is 0.333. The van der Waals surface area contributed by atoms with Gasteiger partial charge in [0.05, 0.1) is 0 Å². The molecule has 0 aromatic heterocycles. The van der Waals surface area contributed by atoms with Gasteiger partial charge in [0.15, 0.2) is 5.79 Å². The zero-order valence-corrected chi connectivity index (χ0v) is 8.32. The zero-order valence-electron chi connectivity index (χ0n) is 8.32. The molecule has 1 nitrogen and oxygen atoms in total. The van der Waals surface area contributed by atoms with Crippen LogP contribution in [0.5, 0.6) is 0 Å². The minimum atomic E-state index is -1.19. The quantitative estimate of drug-likeness (QED) is 0.573. The third kappa shape index (κ3) is 3.71. The SMILES string of the molecule is CCCC(C)N(C)C(C)(C)F. The summed E-state index contributed by atoms with van der Waals surface area (Å²) in [6.45, 7) is 7.37. The summed E-state index contributed by atoms with van der Waals surface area (Å²) < 4.78 is 13.3. The van der Waals surface area contributed by atoms with Crippen molar-refractivity contribution in [2.75, 3.05) is 7.05 Å². The van der Waals surface area contributed by atoms with Crippen LogP contribution in [0.1, 0.15) is 40.5 Å². The Morgan fingerprint density at radius 3 is 2.18 bits per heavy atom. The van der Waals surface area contributed by atoms with Gasteiger partial charge in [0.25, 0.3) is 0 Å². The van der Waals surface area contributed by atoms with Gasteiger partial charge in [-0.05, 0) is 34.2 Å². The monoisotopic (exact) mass is 161 g/mol. The molecule has 0 aromatic rings. The molecule has 0 aromatic carbocycles. The molecule has 0 saturated carbocycles. The Kier molecular flexibility index (Phi) is 4.01. The maximum absolute atomic E-state index is 13.3. The fourth-order valence-electron chi connectivity index (χ4n) is 1.14. The van der Waals surface area contributed by atoms with Crippen molar-refractivity contribution in [3.05, 3.63) is 0 Å². The first kappa shape index (κ1) is 10.9. The smallest absolute Gasteiger partial charge is 0.158 e. The summed E-state index contributed by atoms with van der Waals surface area (Å²) in [6.07, 6.45) is 2.17. The highest BCUT2D eigenvalue weighted by Crippen LogP contribution is 2.18. The van der Waals surface area contributed by atoms with E-state index in [0.717, 1.165) is 12.8 Å². The lowest BCUT2D eigenvalue weighted by Crippen LogP contribution is -2.42. The van der Waals surface area contributed by atoms with Crippen LogP contribution < -0.4 is 0 Å². The van der Waals surface area contributed by atoms with Crippen LogP contribution in [0.2, 0.25) is 0 Å². The van der Waals surface area contributed by atoms with Crippen molar-refractivity contribution in [1.29, 1.82) is 0 Å². The van der Waals surface area contributed by atoms with Crippen molar-refractivity contribution in [3.8, 4) is 0 Å². The maximum atomic E-state index is 13.3. The van der Waals surface area contributed by atoms with E-state index in [4.69, 9.17) is 0 Å². The first-order valence-corrected chi connectivity index (χ1v) is 4.31. The molecule has 0 radical (unpaired) electrons. The van der Waals surface area contributed by atoms with Gasteiger partial charge in [-0.25, -0.2) is 4.39 Å². The molecule has 0 aliphatic heterocycles. The molecule has 11 heavy (non-hydrogen) atoms. The third-order valence-electron chi connectivity index (χ3n) is 2.21. The van der Waals surface area contributed by atoms with Crippen LogP contribution in [0.4, 0.5) is 4.39 Å². The molecule has 1 atom stereocenters. The van der Waals surface area contributed by atoms with Crippen LogP contribution in [-0.2, 0) is 0 Å². The average molecular weight is 161 g/mol. The molecule has 0 bridgehead atoms. The lowest BCUT2D eigenvalue weighted by atomic mass is 10.1. The molecule has 0 aliphatic rings. The van der Waals surface area contributed by atoms with Gasteiger partial charge in [0.2, 0.25) is 0 Å². The second-order valence-electron chi connectivity index (χ2n) is 3.66. The highest BCUT2D eigenvalue weighted by atomic mass is 19.1. The molecular formula is C9H20FN. The van der Waals surface area contributed by atoms with Crippen LogP contribution in [0.3, 0.4) is 0 Å². The Morgan fingerprint density at radius 1 is 1.45 bits per heavy atom. The van der Waals surface area contributed by atoms with E-state index in [1.54, 1.807) is 18.7 Å². The standard InChI is InChI=1S/C9H20FN/c1-6-7-8(2)11(5)9(3,4)10/h8H,6-7H2,1-5H3. The van der Waals surface area contributed by atoms with Gasteiger partial charge in [-0.1, -0.05) is 13.3 Å². The maximum Gasteiger partial charge on any atom is 0.158 e. The molecule has 0 aliphatic carbocycles. The molecule has 0 spiro atoms. The number of hydrogen-bond donors (Lipinski definition) is 0. The lowest BCUT2D eigenvalue weighted by molar-refractivity contribution is -0.00976. The van der Waals surface area contributed by atoms with Gasteiger partial charge in [0, 0.05) is 6.04 Å². The van der Waals surface area contributed by atoms with Crippen LogP contribution in [0.25, 0.3) is 0 Å². The van der Waals surface area contributed by atoms with E-state index in [1.165, 1.54) is 0 Å². The largest absolute Gasteiger partial charge is 0.272 e. The molecular weight excluding hydrogens is 141 g/mol. The number of rotatable bonds is 4. The Balaban J connectivity index is 3.91. The summed E-state index contributed by atoms with van der Waals surface area (Å²) in [5.74, 6) is -1.19. The highest BCUT2D eigenvalue weighted by Gasteiger charge is 2.25. The second-order valence-corrected chi connectivity index (χ2v) is 3.66. The van der Waals surface area contributed by atoms with Crippen molar-refractivity contribution in [3.63, 3.8) is 0 Å². The fourth-order valence-corrected chi connectivity index (χ4v) is 1.14. The van der Waals surface area contributed by atoms with Crippen LogP contribution in [0.15, 0.2) is 0 Å². The summed E-state index contributed by atoms with van der Waals surface area (Å²) in [5.41, 5.74) is 0. The van der Waals surface area contributed by atoms with E-state index in [0.29, 0.717) is 6.04 Å². The van der Waals surface area contributed by atoms with Crippen LogP contribution in [-0.4, -0.2) is 23.8 Å². The van der Waals surface area contributed by atoms with E-state index in [-0.39, 0.29) is 0 Å². The van der Waals surface area contributed by atoms with E-state index in [2.05, 4.69) is 13.8 Å². The minimum Gasteiger partial charge on any atom is -0.272 e. The molecule has 1 unspecified atom stereocenters. The Bertz CT molecular complexity index is 107. The topological polar surface area (TPSA) is 3.24 Å². The average Bonchev–Trinajstić information content (AvgIpc) is 1.85. The number of alkyl halides is 1. The lowest BCUT2D eigenvalue weighted by Gasteiger charge is -2.33. The normalized spacial score (nSPS) is 15.5. The van der Waals surface area contributed by atoms with Gasteiger partial charge in [-0.15, -0.1) is 0 Å². The number of halogens is 1. The Hall–Kier alpha value is -0.110. The fraction of sp³-hybridized carbons (Fsp3) is 1.00. The Morgan fingerprint density at radius 2 is 1.91 bits per heavy atom.